The first-order chi connectivity index (χ1) is 10.2. The Morgan fingerprint density at radius 1 is 0.826 bits per heavy atom. The number of alkyl halides is 9. The first kappa shape index (κ1) is 22.8. The molecular formula is C13H10Cl9O. The fourth-order valence-corrected chi connectivity index (χ4v) is 3.93. The van der Waals surface area contributed by atoms with Gasteiger partial charge >= 0.3 is 0 Å². The molecule has 0 aromatic heterocycles. The number of halogens is 9. The van der Waals surface area contributed by atoms with Gasteiger partial charge in [0.15, 0.2) is 8.67 Å². The zero-order chi connectivity index (χ0) is 18.3. The topological polar surface area (TPSA) is 19.9 Å². The molecule has 0 spiro atoms. The van der Waals surface area contributed by atoms with E-state index in [1.54, 1.807) is 19.1 Å². The zero-order valence-electron chi connectivity index (χ0n) is 11.4. The summed E-state index contributed by atoms with van der Waals surface area (Å²) in [4.78, 5) is 0. The molecule has 1 aromatic carbocycles. The van der Waals surface area contributed by atoms with Gasteiger partial charge in [0.1, 0.15) is 6.10 Å². The predicted molar refractivity (Wildman–Crippen MR) is 103 cm³/mol. The molecule has 0 aliphatic carbocycles. The van der Waals surface area contributed by atoms with Crippen LogP contribution in [0.1, 0.15) is 30.6 Å². The Labute approximate surface area is 180 Å². The van der Waals surface area contributed by atoms with Gasteiger partial charge in [-0.3, -0.25) is 0 Å². The molecule has 1 rings (SSSR count). The van der Waals surface area contributed by atoms with Crippen molar-refractivity contribution in [3.05, 3.63) is 35.4 Å². The second-order valence-electron chi connectivity index (χ2n) is 4.74. The molecule has 1 aromatic rings. The van der Waals surface area contributed by atoms with Crippen molar-refractivity contribution >= 4 is 104 Å². The molecule has 1 unspecified atom stereocenters. The van der Waals surface area contributed by atoms with Crippen LogP contribution in [0.4, 0.5) is 0 Å². The van der Waals surface area contributed by atoms with Gasteiger partial charge in [-0.25, -0.2) is 5.11 Å². The Kier molecular flexibility index (Phi) is 7.75. The second kappa shape index (κ2) is 7.80. The number of rotatable bonds is 5. The largest absolute Gasteiger partial charge is 0.228 e. The van der Waals surface area contributed by atoms with Gasteiger partial charge in [-0.15, -0.1) is 0 Å². The Balaban J connectivity index is 3.29. The summed E-state index contributed by atoms with van der Waals surface area (Å²) in [5.41, 5.74) is 0.789. The molecule has 0 bridgehead atoms. The summed E-state index contributed by atoms with van der Waals surface area (Å²) < 4.78 is -8.97. The standard InChI is InChI=1S/C13H10Cl9O/c1-2-9(23)7-3-5-8(6-4-7)10(14,15)11(16,17)12(18,19)13(20,21)22/h3-6,9H,2H2,1H3. The van der Waals surface area contributed by atoms with E-state index in [4.69, 9.17) is 104 Å². The van der Waals surface area contributed by atoms with Crippen LogP contribution in [0, 0.1) is 0 Å². The lowest BCUT2D eigenvalue weighted by Crippen LogP contribution is -2.54. The van der Waals surface area contributed by atoms with E-state index < -0.39 is 22.9 Å². The van der Waals surface area contributed by atoms with E-state index in [1.807, 2.05) is 0 Å². The highest BCUT2D eigenvalue weighted by atomic mass is 35.6. The summed E-state index contributed by atoms with van der Waals surface area (Å²) in [5, 5.41) is 11.7. The maximum Gasteiger partial charge on any atom is 0.226 e. The summed E-state index contributed by atoms with van der Waals surface area (Å²) in [6, 6.07) is 6.08. The summed E-state index contributed by atoms with van der Waals surface area (Å²) in [7, 11) is 0. The van der Waals surface area contributed by atoms with Crippen LogP contribution in [0.5, 0.6) is 0 Å². The average molecular weight is 501 g/mol. The van der Waals surface area contributed by atoms with Crippen molar-refractivity contribution in [2.24, 2.45) is 0 Å². The quantitative estimate of drug-likeness (QED) is 0.366. The molecule has 23 heavy (non-hydrogen) atoms. The van der Waals surface area contributed by atoms with Gasteiger partial charge in [0.2, 0.25) is 8.13 Å². The molecule has 1 atom stereocenters. The van der Waals surface area contributed by atoms with Gasteiger partial charge in [0.05, 0.1) is 0 Å². The number of hydrogen-bond acceptors (Lipinski definition) is 0. The Morgan fingerprint density at radius 2 is 1.26 bits per heavy atom. The van der Waals surface area contributed by atoms with Crippen molar-refractivity contribution in [3.8, 4) is 0 Å². The van der Waals surface area contributed by atoms with Crippen molar-refractivity contribution in [2.75, 3.05) is 0 Å². The van der Waals surface area contributed by atoms with E-state index in [1.165, 1.54) is 12.1 Å². The third-order valence-corrected chi connectivity index (χ3v) is 8.64. The number of benzene rings is 1. The van der Waals surface area contributed by atoms with E-state index in [2.05, 4.69) is 0 Å². The van der Waals surface area contributed by atoms with Gasteiger partial charge < -0.3 is 0 Å². The molecule has 1 nitrogen and oxygen atoms in total. The van der Waals surface area contributed by atoms with Crippen LogP contribution in [0.15, 0.2) is 24.3 Å². The van der Waals surface area contributed by atoms with Crippen LogP contribution in [-0.4, -0.2) is 12.5 Å². The Bertz CT molecular complexity index is 533. The van der Waals surface area contributed by atoms with Crippen molar-refractivity contribution in [3.63, 3.8) is 0 Å². The molecule has 0 amide bonds. The minimum atomic E-state index is -2.35. The van der Waals surface area contributed by atoms with Crippen molar-refractivity contribution in [1.82, 2.24) is 0 Å². The average Bonchev–Trinajstić information content (AvgIpc) is 2.44. The minimum absolute atomic E-state index is 0.234. The SMILES string of the molecule is CCC([O])c1ccc(C(Cl)(Cl)C(Cl)(Cl)C(Cl)(Cl)C(Cl)(Cl)Cl)cc1. The number of hydrogen-bond donors (Lipinski definition) is 0. The predicted octanol–water partition coefficient (Wildman–Crippen LogP) is 7.92. The highest BCUT2D eigenvalue weighted by molar-refractivity contribution is 6.80. The van der Waals surface area contributed by atoms with Gasteiger partial charge in [0, 0.05) is 0 Å². The fourth-order valence-electron chi connectivity index (χ4n) is 1.70. The lowest BCUT2D eigenvalue weighted by molar-refractivity contribution is 0.0857. The maximum absolute atomic E-state index is 11.7. The summed E-state index contributed by atoms with van der Waals surface area (Å²) in [5.74, 6) is 0. The maximum atomic E-state index is 11.7. The van der Waals surface area contributed by atoms with Gasteiger partial charge in [-0.1, -0.05) is 136 Å². The molecule has 0 fully saturated rings. The van der Waals surface area contributed by atoms with Gasteiger partial charge in [-0.2, -0.15) is 0 Å². The molecule has 0 aliphatic heterocycles. The first-order valence-corrected chi connectivity index (χ1v) is 9.56. The van der Waals surface area contributed by atoms with Crippen LogP contribution >= 0.6 is 104 Å². The highest BCUT2D eigenvalue weighted by Crippen LogP contribution is 2.65. The van der Waals surface area contributed by atoms with Crippen molar-refractivity contribution < 1.29 is 5.11 Å². The Hall–Kier alpha value is 1.79. The zero-order valence-corrected chi connectivity index (χ0v) is 18.2. The molecule has 0 aliphatic rings. The second-order valence-corrected chi connectivity index (χ2v) is 11.0. The summed E-state index contributed by atoms with van der Waals surface area (Å²) in [6.45, 7) is 1.78. The van der Waals surface area contributed by atoms with Crippen LogP contribution < -0.4 is 0 Å². The molecular weight excluding hydrogens is 491 g/mol. The molecule has 0 heterocycles. The third-order valence-electron chi connectivity index (χ3n) is 3.16. The van der Waals surface area contributed by atoms with Crippen LogP contribution in [0.2, 0.25) is 0 Å². The summed E-state index contributed by atoms with van der Waals surface area (Å²) >= 11 is 54.2. The van der Waals surface area contributed by atoms with E-state index in [-0.39, 0.29) is 5.56 Å². The van der Waals surface area contributed by atoms with Gasteiger partial charge in [0.25, 0.3) is 0 Å². The van der Waals surface area contributed by atoms with Crippen LogP contribution in [0.25, 0.3) is 0 Å². The molecule has 0 saturated heterocycles. The fraction of sp³-hybridized carbons (Fsp3) is 0.538. The molecule has 10 heteroatoms. The normalized spacial score (nSPS) is 15.6. The van der Waals surface area contributed by atoms with Gasteiger partial charge in [-0.05, 0) is 17.5 Å². The van der Waals surface area contributed by atoms with E-state index in [0.717, 1.165) is 0 Å². The lowest BCUT2D eigenvalue weighted by Gasteiger charge is -2.44. The monoisotopic (exact) mass is 497 g/mol. The van der Waals surface area contributed by atoms with Crippen molar-refractivity contribution in [1.29, 1.82) is 0 Å². The lowest BCUT2D eigenvalue weighted by atomic mass is 10.0. The summed E-state index contributed by atoms with van der Waals surface area (Å²) in [6.07, 6.45) is -0.442. The highest BCUT2D eigenvalue weighted by Gasteiger charge is 2.68. The van der Waals surface area contributed by atoms with E-state index in [9.17, 15) is 5.11 Å². The van der Waals surface area contributed by atoms with E-state index >= 15 is 0 Å². The van der Waals surface area contributed by atoms with Crippen LogP contribution in [-0.2, 0) is 9.44 Å². The Morgan fingerprint density at radius 3 is 1.61 bits per heavy atom. The molecule has 1 radical (unpaired) electrons. The smallest absolute Gasteiger partial charge is 0.226 e. The third kappa shape index (κ3) is 4.38. The molecule has 0 saturated carbocycles. The minimum Gasteiger partial charge on any atom is -0.228 e. The van der Waals surface area contributed by atoms with Crippen molar-refractivity contribution in [2.45, 2.75) is 36.2 Å². The first-order valence-electron chi connectivity index (χ1n) is 6.16. The van der Waals surface area contributed by atoms with Crippen LogP contribution in [0.3, 0.4) is 0 Å². The molecule has 131 valence electrons. The molecule has 0 N–H and O–H groups in total. The van der Waals surface area contributed by atoms with E-state index in [0.29, 0.717) is 12.0 Å².